The van der Waals surface area contributed by atoms with Gasteiger partial charge in [0.05, 0.1) is 0 Å². The van der Waals surface area contributed by atoms with Crippen molar-refractivity contribution >= 4 is 5.97 Å². The first-order valence-corrected chi connectivity index (χ1v) is 4.91. The van der Waals surface area contributed by atoms with Crippen LogP contribution in [-0.2, 0) is 4.79 Å². The Hall–Kier alpha value is -0.570. The van der Waals surface area contributed by atoms with Crippen molar-refractivity contribution in [3.63, 3.8) is 0 Å². The van der Waals surface area contributed by atoms with Crippen LogP contribution in [0.3, 0.4) is 0 Å². The minimum Gasteiger partial charge on any atom is -0.480 e. The molecule has 0 aromatic carbocycles. The Kier molecular flexibility index (Phi) is 2.96. The maximum absolute atomic E-state index is 10.7. The van der Waals surface area contributed by atoms with Crippen molar-refractivity contribution < 1.29 is 9.90 Å². The number of carbonyl (C=O) groups is 1. The number of carboxylic acids is 1. The summed E-state index contributed by atoms with van der Waals surface area (Å²) in [7, 11) is 0. The normalized spacial score (nSPS) is 29.6. The van der Waals surface area contributed by atoms with Crippen molar-refractivity contribution in [3.05, 3.63) is 0 Å². The average Bonchev–Trinajstić information content (AvgIpc) is 2.01. The smallest absolute Gasteiger partial charge is 0.320 e. The molecule has 0 heterocycles. The summed E-state index contributed by atoms with van der Waals surface area (Å²) in [6.45, 7) is 4.38. The van der Waals surface area contributed by atoms with E-state index in [4.69, 9.17) is 10.8 Å². The fourth-order valence-electron chi connectivity index (χ4n) is 2.26. The van der Waals surface area contributed by atoms with Gasteiger partial charge in [-0.05, 0) is 30.6 Å². The lowest BCUT2D eigenvalue weighted by atomic mass is 9.70. The van der Waals surface area contributed by atoms with E-state index >= 15 is 0 Å². The first kappa shape index (κ1) is 10.5. The molecule has 0 bridgehead atoms. The van der Waals surface area contributed by atoms with E-state index in [2.05, 4.69) is 13.8 Å². The molecule has 0 aromatic rings. The van der Waals surface area contributed by atoms with Crippen molar-refractivity contribution in [1.29, 1.82) is 0 Å². The summed E-state index contributed by atoms with van der Waals surface area (Å²) in [5, 5.41) is 8.78. The highest BCUT2D eigenvalue weighted by molar-refractivity contribution is 5.73. The molecule has 1 saturated carbocycles. The predicted molar refractivity (Wildman–Crippen MR) is 51.4 cm³/mol. The van der Waals surface area contributed by atoms with E-state index in [1.54, 1.807) is 0 Å². The highest BCUT2D eigenvalue weighted by atomic mass is 16.4. The van der Waals surface area contributed by atoms with Crippen molar-refractivity contribution in [2.24, 2.45) is 17.1 Å². The molecule has 1 rings (SSSR count). The Morgan fingerprint density at radius 2 is 2.23 bits per heavy atom. The maximum Gasteiger partial charge on any atom is 0.320 e. The molecule has 0 aliphatic heterocycles. The molecule has 2 atom stereocenters. The van der Waals surface area contributed by atoms with Crippen LogP contribution in [0.25, 0.3) is 0 Å². The molecule has 0 aromatic heterocycles. The fraction of sp³-hybridized carbons (Fsp3) is 0.900. The zero-order valence-electron chi connectivity index (χ0n) is 8.42. The van der Waals surface area contributed by atoms with Crippen LogP contribution < -0.4 is 5.73 Å². The van der Waals surface area contributed by atoms with Crippen molar-refractivity contribution in [3.8, 4) is 0 Å². The van der Waals surface area contributed by atoms with E-state index in [1.165, 1.54) is 6.42 Å². The van der Waals surface area contributed by atoms with E-state index in [1.807, 2.05) is 0 Å². The minimum absolute atomic E-state index is 0.168. The monoisotopic (exact) mass is 185 g/mol. The molecule has 3 heteroatoms. The van der Waals surface area contributed by atoms with Gasteiger partial charge in [-0.15, -0.1) is 0 Å². The quantitative estimate of drug-likeness (QED) is 0.687. The zero-order chi connectivity index (χ0) is 10.1. The summed E-state index contributed by atoms with van der Waals surface area (Å²) in [6, 6.07) is -0.667. The molecule has 0 radical (unpaired) electrons. The van der Waals surface area contributed by atoms with Gasteiger partial charge in [0.1, 0.15) is 6.04 Å². The average molecular weight is 185 g/mol. The summed E-state index contributed by atoms with van der Waals surface area (Å²) in [5.74, 6) is -0.691. The third-order valence-electron chi connectivity index (χ3n) is 3.04. The number of hydrogen-bond acceptors (Lipinski definition) is 2. The number of aliphatic carboxylic acids is 1. The Bertz CT molecular complexity index is 201. The molecule has 3 N–H and O–H groups in total. The van der Waals surface area contributed by atoms with E-state index in [9.17, 15) is 4.79 Å². The number of nitrogens with two attached hydrogens (primary N) is 1. The number of rotatable bonds is 2. The van der Waals surface area contributed by atoms with E-state index in [-0.39, 0.29) is 11.3 Å². The highest BCUT2D eigenvalue weighted by Gasteiger charge is 2.33. The van der Waals surface area contributed by atoms with Gasteiger partial charge < -0.3 is 10.8 Å². The van der Waals surface area contributed by atoms with Gasteiger partial charge in [-0.2, -0.15) is 0 Å². The van der Waals surface area contributed by atoms with E-state index in [0.717, 1.165) is 19.3 Å². The van der Waals surface area contributed by atoms with E-state index < -0.39 is 12.0 Å². The lowest BCUT2D eigenvalue weighted by Gasteiger charge is -2.36. The summed E-state index contributed by atoms with van der Waals surface area (Å²) >= 11 is 0. The van der Waals surface area contributed by atoms with Gasteiger partial charge in [-0.1, -0.05) is 20.3 Å². The molecule has 1 fully saturated rings. The van der Waals surface area contributed by atoms with Crippen LogP contribution in [-0.4, -0.2) is 17.1 Å². The number of hydrogen-bond donors (Lipinski definition) is 2. The molecular formula is C10H19NO2. The van der Waals surface area contributed by atoms with Crippen molar-refractivity contribution in [2.45, 2.75) is 45.6 Å². The highest BCUT2D eigenvalue weighted by Crippen LogP contribution is 2.39. The molecule has 1 aliphatic rings. The van der Waals surface area contributed by atoms with Gasteiger partial charge in [-0.3, -0.25) is 4.79 Å². The van der Waals surface area contributed by atoms with Gasteiger partial charge in [0.15, 0.2) is 0 Å². The minimum atomic E-state index is -0.859. The maximum atomic E-state index is 10.7. The molecule has 13 heavy (non-hydrogen) atoms. The third-order valence-corrected chi connectivity index (χ3v) is 3.04. The molecule has 3 nitrogen and oxygen atoms in total. The topological polar surface area (TPSA) is 63.3 Å². The second kappa shape index (κ2) is 3.66. The lowest BCUT2D eigenvalue weighted by Crippen LogP contribution is -2.41. The van der Waals surface area contributed by atoms with Crippen LogP contribution in [0.15, 0.2) is 0 Å². The number of carboxylic acid groups (broad SMARTS) is 1. The molecular weight excluding hydrogens is 166 g/mol. The van der Waals surface area contributed by atoms with Gasteiger partial charge >= 0.3 is 5.97 Å². The second-order valence-corrected chi connectivity index (χ2v) is 4.88. The van der Waals surface area contributed by atoms with Gasteiger partial charge in [0.2, 0.25) is 0 Å². The lowest BCUT2D eigenvalue weighted by molar-refractivity contribution is -0.140. The Labute approximate surface area is 79.3 Å². The van der Waals surface area contributed by atoms with Crippen LogP contribution in [0.1, 0.15) is 39.5 Å². The zero-order valence-corrected chi connectivity index (χ0v) is 8.42. The molecule has 76 valence electrons. The largest absolute Gasteiger partial charge is 0.480 e. The standard InChI is InChI=1S/C10H19NO2/c1-10(2)5-3-4-7(6-10)8(11)9(12)13/h7-8H,3-6,11H2,1-2H3,(H,12,13). The van der Waals surface area contributed by atoms with Crippen LogP contribution in [0, 0.1) is 11.3 Å². The van der Waals surface area contributed by atoms with Crippen LogP contribution in [0.4, 0.5) is 0 Å². The molecule has 0 spiro atoms. The fourth-order valence-corrected chi connectivity index (χ4v) is 2.26. The first-order chi connectivity index (χ1) is 5.92. The Morgan fingerprint density at radius 3 is 2.69 bits per heavy atom. The van der Waals surface area contributed by atoms with Gasteiger partial charge in [0.25, 0.3) is 0 Å². The Morgan fingerprint density at radius 1 is 1.62 bits per heavy atom. The first-order valence-electron chi connectivity index (χ1n) is 4.91. The van der Waals surface area contributed by atoms with Crippen LogP contribution in [0.2, 0.25) is 0 Å². The second-order valence-electron chi connectivity index (χ2n) is 4.88. The summed E-state index contributed by atoms with van der Waals surface area (Å²) in [5.41, 5.74) is 5.89. The van der Waals surface area contributed by atoms with Crippen LogP contribution >= 0.6 is 0 Å². The van der Waals surface area contributed by atoms with E-state index in [0.29, 0.717) is 0 Å². The summed E-state index contributed by atoms with van der Waals surface area (Å²) in [6.07, 6.45) is 4.21. The Balaban J connectivity index is 2.56. The van der Waals surface area contributed by atoms with Gasteiger partial charge in [0, 0.05) is 0 Å². The predicted octanol–water partition coefficient (Wildman–Crippen LogP) is 1.61. The summed E-state index contributed by atoms with van der Waals surface area (Å²) in [4.78, 5) is 10.7. The molecule has 2 unspecified atom stereocenters. The third kappa shape index (κ3) is 2.69. The molecule has 1 aliphatic carbocycles. The molecule has 0 saturated heterocycles. The SMILES string of the molecule is CC1(C)CCCC(C(N)C(=O)O)C1. The van der Waals surface area contributed by atoms with Crippen molar-refractivity contribution in [1.82, 2.24) is 0 Å². The molecule has 0 amide bonds. The van der Waals surface area contributed by atoms with Crippen LogP contribution in [0.5, 0.6) is 0 Å². The summed E-state index contributed by atoms with van der Waals surface area (Å²) < 4.78 is 0. The van der Waals surface area contributed by atoms with Gasteiger partial charge in [-0.25, -0.2) is 0 Å². The van der Waals surface area contributed by atoms with Crippen molar-refractivity contribution in [2.75, 3.05) is 0 Å².